The van der Waals surface area contributed by atoms with E-state index in [0.29, 0.717) is 10.4 Å². The van der Waals surface area contributed by atoms with Crippen LogP contribution in [0.3, 0.4) is 0 Å². The minimum Gasteiger partial charge on any atom is -0.324 e. The number of hydrogen-bond acceptors (Lipinski definition) is 1. The summed E-state index contributed by atoms with van der Waals surface area (Å²) in [7, 11) is 0. The first-order chi connectivity index (χ1) is 7.02. The smallest absolute Gasteiger partial charge is 0.137 e. The topological polar surface area (TPSA) is 26.0 Å². The van der Waals surface area contributed by atoms with Crippen LogP contribution in [0.15, 0.2) is 22.7 Å². The first kappa shape index (κ1) is 12.7. The molecule has 15 heavy (non-hydrogen) atoms. The third-order valence-electron chi connectivity index (χ3n) is 2.44. The van der Waals surface area contributed by atoms with Gasteiger partial charge in [-0.25, -0.2) is 4.39 Å². The van der Waals surface area contributed by atoms with E-state index < -0.39 is 0 Å². The molecule has 1 aromatic carbocycles. The normalized spacial score (nSPS) is 13.2. The molecule has 0 saturated carbocycles. The molecule has 0 bridgehead atoms. The first-order valence-electron chi connectivity index (χ1n) is 5.22. The van der Waals surface area contributed by atoms with Crippen molar-refractivity contribution < 1.29 is 4.39 Å². The molecular formula is C12H17BrFN. The lowest BCUT2D eigenvalue weighted by Gasteiger charge is -2.15. The van der Waals surface area contributed by atoms with Gasteiger partial charge in [0.2, 0.25) is 0 Å². The molecule has 84 valence electrons. The van der Waals surface area contributed by atoms with Gasteiger partial charge >= 0.3 is 0 Å². The van der Waals surface area contributed by atoms with Crippen LogP contribution in [0, 0.1) is 11.7 Å². The van der Waals surface area contributed by atoms with Crippen LogP contribution in [0.1, 0.15) is 38.3 Å². The third-order valence-corrected chi connectivity index (χ3v) is 3.27. The van der Waals surface area contributed by atoms with Crippen molar-refractivity contribution in [3.63, 3.8) is 0 Å². The summed E-state index contributed by atoms with van der Waals surface area (Å²) in [6, 6.07) is 4.92. The Morgan fingerprint density at radius 2 is 2.00 bits per heavy atom. The molecular weight excluding hydrogens is 257 g/mol. The summed E-state index contributed by atoms with van der Waals surface area (Å²) in [5, 5.41) is 0. The molecule has 0 spiro atoms. The second-order valence-corrected chi connectivity index (χ2v) is 5.01. The van der Waals surface area contributed by atoms with Crippen LogP contribution in [0.2, 0.25) is 0 Å². The summed E-state index contributed by atoms with van der Waals surface area (Å²) in [5.41, 5.74) is 6.87. The van der Waals surface area contributed by atoms with Crippen molar-refractivity contribution in [1.82, 2.24) is 0 Å². The fourth-order valence-electron chi connectivity index (χ4n) is 1.48. The van der Waals surface area contributed by atoms with Crippen LogP contribution in [0.4, 0.5) is 4.39 Å². The van der Waals surface area contributed by atoms with E-state index in [2.05, 4.69) is 29.8 Å². The Kier molecular flexibility index (Phi) is 4.74. The lowest BCUT2D eigenvalue weighted by atomic mass is 9.98. The van der Waals surface area contributed by atoms with Crippen molar-refractivity contribution >= 4 is 15.9 Å². The minimum absolute atomic E-state index is 0.0857. The Labute approximate surface area is 99.0 Å². The minimum atomic E-state index is -0.243. The highest BCUT2D eigenvalue weighted by Crippen LogP contribution is 2.27. The second kappa shape index (κ2) is 5.61. The maximum absolute atomic E-state index is 13.2. The van der Waals surface area contributed by atoms with Gasteiger partial charge in [-0.15, -0.1) is 0 Å². The standard InChI is InChI=1S/C12H17BrFN/c1-8(2)6-7-11(15)9-4-3-5-10(14)12(9)13/h3-5,8,11H,6-7,15H2,1-2H3/t11-/m0/s1. The largest absolute Gasteiger partial charge is 0.324 e. The summed E-state index contributed by atoms with van der Waals surface area (Å²) < 4.78 is 13.7. The van der Waals surface area contributed by atoms with Crippen molar-refractivity contribution in [1.29, 1.82) is 0 Å². The summed E-state index contributed by atoms with van der Waals surface area (Å²) in [5.74, 6) is 0.385. The van der Waals surface area contributed by atoms with Gasteiger partial charge in [-0.1, -0.05) is 26.0 Å². The third kappa shape index (κ3) is 3.58. The molecule has 0 aliphatic carbocycles. The number of halogens is 2. The van der Waals surface area contributed by atoms with Gasteiger partial charge in [0.25, 0.3) is 0 Å². The van der Waals surface area contributed by atoms with Crippen molar-refractivity contribution in [2.24, 2.45) is 11.7 Å². The number of rotatable bonds is 4. The van der Waals surface area contributed by atoms with Gasteiger partial charge in [-0.05, 0) is 46.3 Å². The van der Waals surface area contributed by atoms with Crippen LogP contribution in [0.5, 0.6) is 0 Å². The van der Waals surface area contributed by atoms with E-state index in [4.69, 9.17) is 5.73 Å². The lowest BCUT2D eigenvalue weighted by molar-refractivity contribution is 0.504. The predicted octanol–water partition coefficient (Wildman–Crippen LogP) is 4.02. The number of benzene rings is 1. The summed E-state index contributed by atoms with van der Waals surface area (Å²) in [4.78, 5) is 0. The molecule has 2 N–H and O–H groups in total. The predicted molar refractivity (Wildman–Crippen MR) is 65.1 cm³/mol. The van der Waals surface area contributed by atoms with Crippen LogP contribution in [-0.4, -0.2) is 0 Å². The van der Waals surface area contributed by atoms with Gasteiger partial charge in [0.1, 0.15) is 5.82 Å². The van der Waals surface area contributed by atoms with Gasteiger partial charge in [0, 0.05) is 6.04 Å². The SMILES string of the molecule is CC(C)CC[C@H](N)c1cccc(F)c1Br. The van der Waals surface area contributed by atoms with Gasteiger partial charge in [0.05, 0.1) is 4.47 Å². The van der Waals surface area contributed by atoms with E-state index in [1.54, 1.807) is 6.07 Å². The van der Waals surface area contributed by atoms with Gasteiger partial charge < -0.3 is 5.73 Å². The zero-order valence-corrected chi connectivity index (χ0v) is 10.7. The monoisotopic (exact) mass is 273 g/mol. The molecule has 0 aliphatic rings. The van der Waals surface area contributed by atoms with E-state index in [-0.39, 0.29) is 11.9 Å². The highest BCUT2D eigenvalue weighted by atomic mass is 79.9. The molecule has 0 saturated heterocycles. The second-order valence-electron chi connectivity index (χ2n) is 4.22. The number of nitrogens with two attached hydrogens (primary N) is 1. The molecule has 0 heterocycles. The Bertz CT molecular complexity index is 325. The van der Waals surface area contributed by atoms with Gasteiger partial charge in [0.15, 0.2) is 0 Å². The Hall–Kier alpha value is -0.410. The highest BCUT2D eigenvalue weighted by Gasteiger charge is 2.12. The Morgan fingerprint density at radius 1 is 1.33 bits per heavy atom. The Balaban J connectivity index is 2.73. The maximum Gasteiger partial charge on any atom is 0.137 e. The van der Waals surface area contributed by atoms with Crippen LogP contribution < -0.4 is 5.73 Å². The summed E-state index contributed by atoms with van der Waals surface area (Å²) >= 11 is 3.23. The average Bonchev–Trinajstić information content (AvgIpc) is 2.18. The van der Waals surface area contributed by atoms with Crippen LogP contribution in [-0.2, 0) is 0 Å². The maximum atomic E-state index is 13.2. The Morgan fingerprint density at radius 3 is 2.60 bits per heavy atom. The van der Waals surface area contributed by atoms with E-state index in [1.807, 2.05) is 6.07 Å². The van der Waals surface area contributed by atoms with E-state index in [9.17, 15) is 4.39 Å². The zero-order valence-electron chi connectivity index (χ0n) is 9.13. The fraction of sp³-hybridized carbons (Fsp3) is 0.500. The molecule has 3 heteroatoms. The van der Waals surface area contributed by atoms with Crippen molar-refractivity contribution in [2.75, 3.05) is 0 Å². The van der Waals surface area contributed by atoms with Crippen molar-refractivity contribution in [3.05, 3.63) is 34.1 Å². The molecule has 0 radical (unpaired) electrons. The fourth-order valence-corrected chi connectivity index (χ4v) is 2.03. The van der Waals surface area contributed by atoms with Crippen molar-refractivity contribution in [3.8, 4) is 0 Å². The molecule has 1 nitrogen and oxygen atoms in total. The van der Waals surface area contributed by atoms with E-state index in [0.717, 1.165) is 18.4 Å². The van der Waals surface area contributed by atoms with E-state index >= 15 is 0 Å². The summed E-state index contributed by atoms with van der Waals surface area (Å²) in [6.07, 6.45) is 1.95. The molecule has 1 atom stereocenters. The van der Waals surface area contributed by atoms with Gasteiger partial charge in [-0.3, -0.25) is 0 Å². The number of hydrogen-bond donors (Lipinski definition) is 1. The first-order valence-corrected chi connectivity index (χ1v) is 6.01. The van der Waals surface area contributed by atoms with Crippen LogP contribution >= 0.6 is 15.9 Å². The molecule has 0 unspecified atom stereocenters. The lowest BCUT2D eigenvalue weighted by Crippen LogP contribution is -2.12. The van der Waals surface area contributed by atoms with Gasteiger partial charge in [-0.2, -0.15) is 0 Å². The molecule has 0 fully saturated rings. The zero-order chi connectivity index (χ0) is 11.4. The molecule has 0 aromatic heterocycles. The van der Waals surface area contributed by atoms with Crippen LogP contribution in [0.25, 0.3) is 0 Å². The van der Waals surface area contributed by atoms with Crippen molar-refractivity contribution in [2.45, 2.75) is 32.7 Å². The molecule has 1 rings (SSSR count). The summed E-state index contributed by atoms with van der Waals surface area (Å²) in [6.45, 7) is 4.32. The average molecular weight is 274 g/mol. The molecule has 0 aliphatic heterocycles. The van der Waals surface area contributed by atoms with E-state index in [1.165, 1.54) is 6.07 Å². The molecule has 0 amide bonds. The molecule has 1 aromatic rings. The quantitative estimate of drug-likeness (QED) is 0.881. The highest BCUT2D eigenvalue weighted by molar-refractivity contribution is 9.10.